The molecule has 1 fully saturated rings. The minimum absolute atomic E-state index is 0.121. The lowest BCUT2D eigenvalue weighted by Crippen LogP contribution is -2.41. The van der Waals surface area contributed by atoms with E-state index in [1.165, 1.54) is 24.3 Å². The molecule has 0 saturated carbocycles. The van der Waals surface area contributed by atoms with Gasteiger partial charge in [-0.15, -0.1) is 0 Å². The molecule has 2 aromatic rings. The zero-order chi connectivity index (χ0) is 22.5. The molecule has 10 heteroatoms. The van der Waals surface area contributed by atoms with Crippen molar-refractivity contribution in [1.82, 2.24) is 0 Å². The first-order chi connectivity index (χ1) is 13.9. The van der Waals surface area contributed by atoms with Crippen LogP contribution in [0.5, 0.6) is 11.5 Å². The van der Waals surface area contributed by atoms with Crippen LogP contribution in [0.25, 0.3) is 0 Å². The summed E-state index contributed by atoms with van der Waals surface area (Å²) in [4.78, 5) is 0. The molecule has 0 amide bonds. The highest BCUT2D eigenvalue weighted by Crippen LogP contribution is 2.36. The van der Waals surface area contributed by atoms with Crippen molar-refractivity contribution in [3.63, 3.8) is 0 Å². The van der Waals surface area contributed by atoms with Crippen molar-refractivity contribution in [2.24, 2.45) is 0 Å². The fourth-order valence-corrected chi connectivity index (χ4v) is 2.67. The molecule has 164 valence electrons. The van der Waals surface area contributed by atoms with Crippen molar-refractivity contribution in [2.45, 2.75) is 52.1 Å². The largest absolute Gasteiger partial charge is 0.494 e. The minimum atomic E-state index is -2.82. The van der Waals surface area contributed by atoms with Gasteiger partial charge in [0.05, 0.1) is 11.2 Å². The van der Waals surface area contributed by atoms with Crippen LogP contribution in [0.4, 0.5) is 17.6 Å². The van der Waals surface area contributed by atoms with E-state index in [9.17, 15) is 17.6 Å². The van der Waals surface area contributed by atoms with Gasteiger partial charge in [0.2, 0.25) is 0 Å². The number of hydrogen-bond donors (Lipinski definition) is 0. The Bertz CT molecular complexity index is 785. The van der Waals surface area contributed by atoms with E-state index in [0.717, 1.165) is 9.94 Å². The Balaban J connectivity index is 0.000000248. The van der Waals surface area contributed by atoms with Crippen LogP contribution < -0.4 is 14.9 Å². The molecule has 4 nitrogen and oxygen atoms in total. The predicted octanol–water partition coefficient (Wildman–Crippen LogP) is 5.64. The van der Waals surface area contributed by atoms with Crippen LogP contribution in [0.2, 0.25) is 0 Å². The van der Waals surface area contributed by atoms with Crippen molar-refractivity contribution in [2.75, 3.05) is 0 Å². The molecule has 1 aliphatic heterocycles. The van der Waals surface area contributed by atoms with E-state index < -0.39 is 31.5 Å². The maximum atomic E-state index is 12.1. The Hall–Kier alpha value is -1.78. The Kier molecular flexibility index (Phi) is 8.18. The van der Waals surface area contributed by atoms with Gasteiger partial charge in [-0.2, -0.15) is 17.6 Å². The number of hydrogen-bond acceptors (Lipinski definition) is 4. The van der Waals surface area contributed by atoms with Crippen molar-refractivity contribution in [3.8, 4) is 11.5 Å². The fourth-order valence-electron chi connectivity index (χ4n) is 2.40. The number of ether oxygens (including phenoxy) is 2. The Labute approximate surface area is 181 Å². The molecule has 0 radical (unpaired) electrons. The molecule has 1 heterocycles. The highest BCUT2D eigenvalue weighted by Gasteiger charge is 2.51. The number of benzene rings is 2. The predicted molar refractivity (Wildman–Crippen MR) is 110 cm³/mol. The Morgan fingerprint density at radius 2 is 1.10 bits per heavy atom. The van der Waals surface area contributed by atoms with Crippen LogP contribution in [0, 0.1) is 0 Å². The zero-order valence-electron chi connectivity index (χ0n) is 16.9. The molecule has 1 aliphatic rings. The van der Waals surface area contributed by atoms with E-state index in [2.05, 4.69) is 25.4 Å². The average Bonchev–Trinajstić information content (AvgIpc) is 2.85. The molecule has 0 bridgehead atoms. The summed E-state index contributed by atoms with van der Waals surface area (Å²) in [7, 11) is -0.495. The molecule has 0 spiro atoms. The molecular formula is C20H22BBrF4O4. The molecule has 2 aromatic carbocycles. The molecular weight excluding hydrogens is 471 g/mol. The summed E-state index contributed by atoms with van der Waals surface area (Å²) in [5.74, 6) is 0.290. The second kappa shape index (κ2) is 10.0. The van der Waals surface area contributed by atoms with E-state index in [1.807, 2.05) is 27.7 Å². The summed E-state index contributed by atoms with van der Waals surface area (Å²) in [6.07, 6.45) is 0. The van der Waals surface area contributed by atoms with Gasteiger partial charge in [0.1, 0.15) is 11.5 Å². The molecule has 0 unspecified atom stereocenters. The maximum Gasteiger partial charge on any atom is 0.494 e. The lowest BCUT2D eigenvalue weighted by molar-refractivity contribution is -0.0505. The summed E-state index contributed by atoms with van der Waals surface area (Å²) in [5, 5.41) is 0. The number of alkyl halides is 4. The van der Waals surface area contributed by atoms with E-state index in [0.29, 0.717) is 0 Å². The van der Waals surface area contributed by atoms with Crippen LogP contribution >= 0.6 is 15.9 Å². The Morgan fingerprint density at radius 3 is 1.47 bits per heavy atom. The molecule has 0 aliphatic carbocycles. The van der Waals surface area contributed by atoms with Gasteiger partial charge in [0.15, 0.2) is 0 Å². The minimum Gasteiger partial charge on any atom is -0.435 e. The molecule has 30 heavy (non-hydrogen) atoms. The van der Waals surface area contributed by atoms with Crippen molar-refractivity contribution in [3.05, 3.63) is 53.0 Å². The summed E-state index contributed by atoms with van der Waals surface area (Å²) >= 11 is 3.17. The van der Waals surface area contributed by atoms with Gasteiger partial charge in [-0.3, -0.25) is 0 Å². The van der Waals surface area contributed by atoms with Crippen molar-refractivity contribution >= 4 is 28.5 Å². The fraction of sp³-hybridized carbons (Fsp3) is 0.400. The van der Waals surface area contributed by atoms with Crippen LogP contribution in [-0.2, 0) is 9.31 Å². The molecule has 0 N–H and O–H groups in total. The van der Waals surface area contributed by atoms with Crippen molar-refractivity contribution < 1.29 is 36.3 Å². The average molecular weight is 493 g/mol. The molecule has 0 aromatic heterocycles. The molecule has 0 atom stereocenters. The highest BCUT2D eigenvalue weighted by molar-refractivity contribution is 9.10. The first kappa shape index (κ1) is 24.5. The smallest absolute Gasteiger partial charge is 0.435 e. The number of halogens is 5. The van der Waals surface area contributed by atoms with Gasteiger partial charge in [-0.1, -0.05) is 28.1 Å². The van der Waals surface area contributed by atoms with Gasteiger partial charge >= 0.3 is 20.3 Å². The van der Waals surface area contributed by atoms with E-state index in [1.54, 1.807) is 24.3 Å². The second-order valence-corrected chi connectivity index (χ2v) is 8.28. The van der Waals surface area contributed by atoms with Crippen LogP contribution in [-0.4, -0.2) is 31.5 Å². The van der Waals surface area contributed by atoms with Crippen molar-refractivity contribution in [1.29, 1.82) is 0 Å². The van der Waals surface area contributed by atoms with Crippen LogP contribution in [0.15, 0.2) is 53.0 Å². The third-order valence-corrected chi connectivity index (χ3v) is 5.20. The van der Waals surface area contributed by atoms with Gasteiger partial charge < -0.3 is 18.8 Å². The summed E-state index contributed by atoms with van der Waals surface area (Å²) in [6.45, 7) is 2.27. The van der Waals surface area contributed by atoms with E-state index in [4.69, 9.17) is 9.31 Å². The summed E-state index contributed by atoms with van der Waals surface area (Å²) < 4.78 is 68.2. The summed E-state index contributed by atoms with van der Waals surface area (Å²) in [6, 6.07) is 12.5. The van der Waals surface area contributed by atoms with Crippen LogP contribution in [0.3, 0.4) is 0 Å². The standard InChI is InChI=1S/C13H17BF2O3.C7H5BrF2O/c1-12(2)13(3,4)19-14(18-12)9-5-7-10(8-6-9)17-11(15)16;8-5-1-3-6(4-2-5)11-7(9)10/h5-8,11H,1-4H3;1-4,7H. The zero-order valence-corrected chi connectivity index (χ0v) is 18.5. The lowest BCUT2D eigenvalue weighted by atomic mass is 9.79. The maximum absolute atomic E-state index is 12.1. The quantitative estimate of drug-likeness (QED) is 0.400. The van der Waals surface area contributed by atoms with Gasteiger partial charge in [-0.05, 0) is 69.6 Å². The van der Waals surface area contributed by atoms with E-state index in [-0.39, 0.29) is 11.5 Å². The Morgan fingerprint density at radius 1 is 0.733 bits per heavy atom. The van der Waals surface area contributed by atoms with Gasteiger partial charge in [0, 0.05) is 4.47 Å². The third-order valence-electron chi connectivity index (χ3n) is 4.67. The monoisotopic (exact) mass is 492 g/mol. The van der Waals surface area contributed by atoms with E-state index >= 15 is 0 Å². The second-order valence-electron chi connectivity index (χ2n) is 7.37. The first-order valence-electron chi connectivity index (χ1n) is 9.00. The normalized spacial score (nSPS) is 17.0. The van der Waals surface area contributed by atoms with Gasteiger partial charge in [-0.25, -0.2) is 0 Å². The summed E-state index contributed by atoms with van der Waals surface area (Å²) in [5.41, 5.74) is -0.0636. The first-order valence-corrected chi connectivity index (χ1v) is 9.80. The van der Waals surface area contributed by atoms with Gasteiger partial charge in [0.25, 0.3) is 0 Å². The molecule has 3 rings (SSSR count). The SMILES string of the molecule is CC1(C)OB(c2ccc(OC(F)F)cc2)OC1(C)C.FC(F)Oc1ccc(Br)cc1. The highest BCUT2D eigenvalue weighted by atomic mass is 79.9. The number of rotatable bonds is 5. The van der Waals surface area contributed by atoms with Crippen LogP contribution in [0.1, 0.15) is 27.7 Å². The topological polar surface area (TPSA) is 36.9 Å². The lowest BCUT2D eigenvalue weighted by Gasteiger charge is -2.32. The third kappa shape index (κ3) is 6.89. The molecule has 1 saturated heterocycles.